The Morgan fingerprint density at radius 2 is 1.97 bits per heavy atom. The fourth-order valence-corrected chi connectivity index (χ4v) is 3.94. The van der Waals surface area contributed by atoms with Crippen LogP contribution in [0.3, 0.4) is 0 Å². The fourth-order valence-electron chi connectivity index (χ4n) is 3.94. The lowest BCUT2D eigenvalue weighted by Gasteiger charge is -2.31. The van der Waals surface area contributed by atoms with E-state index in [-0.39, 0.29) is 36.8 Å². The number of aromatic nitrogens is 2. The third kappa shape index (κ3) is 5.06. The van der Waals surface area contributed by atoms with E-state index in [1.807, 2.05) is 42.0 Å². The molecule has 0 amide bonds. The Morgan fingerprint density at radius 3 is 2.62 bits per heavy atom. The van der Waals surface area contributed by atoms with E-state index in [2.05, 4.69) is 4.98 Å². The Balaban J connectivity index is 0.00000289. The molecular weight excluding hydrogens is 435 g/mol. The van der Waals surface area contributed by atoms with E-state index >= 15 is 4.39 Å². The van der Waals surface area contributed by atoms with Gasteiger partial charge in [-0.25, -0.2) is 9.37 Å². The van der Waals surface area contributed by atoms with Crippen LogP contribution in [0.5, 0.6) is 11.5 Å². The number of hydrogen-bond donors (Lipinski definition) is 0. The second-order valence-electron chi connectivity index (χ2n) is 7.57. The first-order valence-electron chi connectivity index (χ1n) is 10.3. The molecule has 1 aliphatic heterocycles. The van der Waals surface area contributed by atoms with Gasteiger partial charge in [0.15, 0.2) is 11.6 Å². The maximum atomic E-state index is 15.4. The summed E-state index contributed by atoms with van der Waals surface area (Å²) in [5.41, 5.74) is 2.43. The molecule has 6 nitrogen and oxygen atoms in total. The smallest absolute Gasteiger partial charge is 0.169 e. The first-order chi connectivity index (χ1) is 15.1. The van der Waals surface area contributed by atoms with E-state index in [9.17, 15) is 0 Å². The average Bonchev–Trinajstić information content (AvgIpc) is 3.24. The number of rotatable bonds is 7. The van der Waals surface area contributed by atoms with Crippen molar-refractivity contribution in [1.82, 2.24) is 9.55 Å². The first-order valence-corrected chi connectivity index (χ1v) is 10.3. The summed E-state index contributed by atoms with van der Waals surface area (Å²) in [7, 11) is 3.20. The van der Waals surface area contributed by atoms with Crippen LogP contribution in [0.1, 0.15) is 29.3 Å². The van der Waals surface area contributed by atoms with Crippen LogP contribution in [0.25, 0.3) is 5.69 Å². The van der Waals surface area contributed by atoms with Crippen molar-refractivity contribution in [3.05, 3.63) is 71.6 Å². The SMILES string of the molecule is COc1cc(OCc2ccc(-n3ccnc3C)cc2)c(F)c(C2COCCC2OC)c1.Cl. The van der Waals surface area contributed by atoms with Crippen LogP contribution in [-0.2, 0) is 16.1 Å². The van der Waals surface area contributed by atoms with Crippen molar-refractivity contribution < 1.29 is 23.3 Å². The van der Waals surface area contributed by atoms with Gasteiger partial charge in [-0.2, -0.15) is 0 Å². The van der Waals surface area contributed by atoms with E-state index < -0.39 is 5.82 Å². The average molecular weight is 463 g/mol. The second kappa shape index (κ2) is 10.8. The van der Waals surface area contributed by atoms with Crippen molar-refractivity contribution >= 4 is 12.4 Å². The van der Waals surface area contributed by atoms with Crippen molar-refractivity contribution in [2.24, 2.45) is 0 Å². The summed E-state index contributed by atoms with van der Waals surface area (Å²) in [6, 6.07) is 11.2. The summed E-state index contributed by atoms with van der Waals surface area (Å²) >= 11 is 0. The maximum Gasteiger partial charge on any atom is 0.169 e. The normalized spacial score (nSPS) is 18.1. The number of halogens is 2. The number of nitrogens with zero attached hydrogens (tertiary/aromatic N) is 2. The Bertz CT molecular complexity index is 1030. The molecule has 32 heavy (non-hydrogen) atoms. The summed E-state index contributed by atoms with van der Waals surface area (Å²) in [5, 5.41) is 0. The molecule has 1 aliphatic rings. The number of hydrogen-bond acceptors (Lipinski definition) is 5. The lowest BCUT2D eigenvalue weighted by atomic mass is 9.90. The van der Waals surface area contributed by atoms with Gasteiger partial charge < -0.3 is 23.5 Å². The molecule has 0 radical (unpaired) electrons. The van der Waals surface area contributed by atoms with Crippen molar-refractivity contribution in [3.63, 3.8) is 0 Å². The molecule has 0 aliphatic carbocycles. The minimum Gasteiger partial charge on any atom is -0.497 e. The molecule has 0 saturated carbocycles. The van der Waals surface area contributed by atoms with Gasteiger partial charge in [0, 0.05) is 49.3 Å². The van der Waals surface area contributed by atoms with Crippen LogP contribution < -0.4 is 9.47 Å². The van der Waals surface area contributed by atoms with Gasteiger partial charge in [-0.1, -0.05) is 12.1 Å². The quantitative estimate of drug-likeness (QED) is 0.502. The fraction of sp³-hybridized carbons (Fsp3) is 0.375. The standard InChI is InChI=1S/C24H27FN2O4.ClH/c1-16-26-9-10-27(16)18-6-4-17(5-7-18)14-31-23-13-19(28-2)12-20(24(23)25)21-15-30-11-8-22(21)29-3;/h4-7,9-10,12-13,21-22H,8,11,14-15H2,1-3H3;1H. The number of benzene rings is 2. The lowest BCUT2D eigenvalue weighted by molar-refractivity contribution is -0.0295. The summed E-state index contributed by atoms with van der Waals surface area (Å²) in [6.07, 6.45) is 4.29. The molecule has 4 rings (SSSR count). The predicted octanol–water partition coefficient (Wildman–Crippen LogP) is 4.85. The molecule has 2 heterocycles. The Hall–Kier alpha value is -2.61. The third-order valence-corrected chi connectivity index (χ3v) is 5.71. The van der Waals surface area contributed by atoms with Gasteiger partial charge in [0.25, 0.3) is 0 Å². The summed E-state index contributed by atoms with van der Waals surface area (Å²) in [6.45, 7) is 3.20. The van der Waals surface area contributed by atoms with Crippen molar-refractivity contribution in [1.29, 1.82) is 0 Å². The van der Waals surface area contributed by atoms with E-state index in [1.54, 1.807) is 32.5 Å². The van der Waals surface area contributed by atoms with Crippen molar-refractivity contribution in [3.8, 4) is 17.2 Å². The molecular formula is C24H28ClFN2O4. The zero-order chi connectivity index (χ0) is 21.8. The van der Waals surface area contributed by atoms with E-state index in [4.69, 9.17) is 18.9 Å². The summed E-state index contributed by atoms with van der Waals surface area (Å²) in [5.74, 6) is 0.996. The zero-order valence-electron chi connectivity index (χ0n) is 18.4. The van der Waals surface area contributed by atoms with Gasteiger partial charge in [0.05, 0.1) is 19.8 Å². The molecule has 2 aromatic carbocycles. The van der Waals surface area contributed by atoms with Crippen molar-refractivity contribution in [2.75, 3.05) is 27.4 Å². The molecule has 0 N–H and O–H groups in total. The molecule has 1 saturated heterocycles. The predicted molar refractivity (Wildman–Crippen MR) is 122 cm³/mol. The molecule has 0 spiro atoms. The van der Waals surface area contributed by atoms with Crippen LogP contribution in [0.15, 0.2) is 48.8 Å². The van der Waals surface area contributed by atoms with Gasteiger partial charge in [0.1, 0.15) is 18.2 Å². The van der Waals surface area contributed by atoms with E-state index in [0.717, 1.165) is 23.5 Å². The molecule has 0 bridgehead atoms. The highest BCUT2D eigenvalue weighted by Gasteiger charge is 2.31. The molecule has 8 heteroatoms. The van der Waals surface area contributed by atoms with Crippen LogP contribution >= 0.6 is 12.4 Å². The first kappa shape index (κ1) is 24.0. The number of methoxy groups -OCH3 is 2. The molecule has 2 unspecified atom stereocenters. The topological polar surface area (TPSA) is 54.7 Å². The van der Waals surface area contributed by atoms with Crippen LogP contribution in [0, 0.1) is 12.7 Å². The molecule has 1 aromatic heterocycles. The van der Waals surface area contributed by atoms with Gasteiger partial charge >= 0.3 is 0 Å². The molecule has 172 valence electrons. The second-order valence-corrected chi connectivity index (χ2v) is 7.57. The van der Waals surface area contributed by atoms with E-state index in [0.29, 0.717) is 24.5 Å². The Labute approximate surface area is 193 Å². The molecule has 3 aromatic rings. The highest BCUT2D eigenvalue weighted by Crippen LogP contribution is 2.36. The largest absolute Gasteiger partial charge is 0.497 e. The van der Waals surface area contributed by atoms with Gasteiger partial charge in [-0.05, 0) is 37.1 Å². The lowest BCUT2D eigenvalue weighted by Crippen LogP contribution is -2.32. The van der Waals surface area contributed by atoms with Crippen LogP contribution in [0.4, 0.5) is 4.39 Å². The van der Waals surface area contributed by atoms with E-state index in [1.165, 1.54) is 0 Å². The summed E-state index contributed by atoms with van der Waals surface area (Å²) < 4.78 is 39.8. The van der Waals surface area contributed by atoms with Gasteiger partial charge in [-0.15, -0.1) is 12.4 Å². The highest BCUT2D eigenvalue weighted by molar-refractivity contribution is 5.85. The highest BCUT2D eigenvalue weighted by atomic mass is 35.5. The zero-order valence-corrected chi connectivity index (χ0v) is 19.2. The van der Waals surface area contributed by atoms with Gasteiger partial charge in [0.2, 0.25) is 0 Å². The Kier molecular flexibility index (Phi) is 8.12. The van der Waals surface area contributed by atoms with Crippen LogP contribution in [0.2, 0.25) is 0 Å². The van der Waals surface area contributed by atoms with Gasteiger partial charge in [-0.3, -0.25) is 0 Å². The molecule has 1 fully saturated rings. The monoisotopic (exact) mass is 462 g/mol. The maximum absolute atomic E-state index is 15.4. The Morgan fingerprint density at radius 1 is 1.19 bits per heavy atom. The minimum atomic E-state index is -0.399. The summed E-state index contributed by atoms with van der Waals surface area (Å²) in [4.78, 5) is 4.24. The van der Waals surface area contributed by atoms with Crippen molar-refractivity contribution in [2.45, 2.75) is 32.0 Å². The minimum absolute atomic E-state index is 0. The van der Waals surface area contributed by atoms with Crippen LogP contribution in [-0.4, -0.2) is 43.1 Å². The number of imidazole rings is 1. The third-order valence-electron chi connectivity index (χ3n) is 5.71. The number of aryl methyl sites for hydroxylation is 1. The number of ether oxygens (including phenoxy) is 4. The molecule has 2 atom stereocenters.